The molecule has 4 aromatic rings. The third-order valence-corrected chi connectivity index (χ3v) is 7.26. The second-order valence-electron chi connectivity index (χ2n) is 8.66. The number of ether oxygens (including phenoxy) is 1. The lowest BCUT2D eigenvalue weighted by Gasteiger charge is -2.28. The first-order valence-electron chi connectivity index (χ1n) is 12.0. The largest absolute Gasteiger partial charge is 0.378 e. The van der Waals surface area contributed by atoms with E-state index in [9.17, 15) is 9.59 Å². The molecule has 36 heavy (non-hydrogen) atoms. The molecular formula is C28H28N4O3S. The number of carbonyl (C=O) groups is 1. The average Bonchev–Trinajstić information content (AvgIpc) is 2.93. The monoisotopic (exact) mass is 500 g/mol. The van der Waals surface area contributed by atoms with Gasteiger partial charge in [-0.2, -0.15) is 0 Å². The Kier molecular flexibility index (Phi) is 7.34. The van der Waals surface area contributed by atoms with Gasteiger partial charge in [0.05, 0.1) is 35.9 Å². The highest BCUT2D eigenvalue weighted by Gasteiger charge is 2.19. The van der Waals surface area contributed by atoms with Gasteiger partial charge >= 0.3 is 0 Å². The number of aromatic nitrogens is 2. The molecule has 5 rings (SSSR count). The quantitative estimate of drug-likeness (QED) is 0.296. The number of morpholine rings is 1. The average molecular weight is 501 g/mol. The van der Waals surface area contributed by atoms with Gasteiger partial charge in [-0.05, 0) is 48.9 Å². The van der Waals surface area contributed by atoms with Crippen LogP contribution in [0.5, 0.6) is 0 Å². The first-order valence-corrected chi connectivity index (χ1v) is 13.0. The minimum atomic E-state index is -0.228. The second-order valence-corrected chi connectivity index (χ2v) is 9.60. The number of hydrogen-bond donors (Lipinski definition) is 1. The van der Waals surface area contributed by atoms with Gasteiger partial charge in [0.25, 0.3) is 5.56 Å². The molecule has 2 heterocycles. The summed E-state index contributed by atoms with van der Waals surface area (Å²) < 4.78 is 7.10. The van der Waals surface area contributed by atoms with Crippen LogP contribution in [0.2, 0.25) is 0 Å². The van der Waals surface area contributed by atoms with Crippen molar-refractivity contribution in [3.05, 3.63) is 94.8 Å². The van der Waals surface area contributed by atoms with Crippen molar-refractivity contribution < 1.29 is 9.53 Å². The zero-order chi connectivity index (χ0) is 24.9. The fraction of sp³-hybridized carbons (Fsp3) is 0.250. The molecule has 0 saturated carbocycles. The van der Waals surface area contributed by atoms with Crippen LogP contribution in [0, 0.1) is 0 Å². The lowest BCUT2D eigenvalue weighted by Crippen LogP contribution is -2.36. The van der Waals surface area contributed by atoms with Crippen LogP contribution in [0.3, 0.4) is 0 Å². The maximum atomic E-state index is 13.5. The van der Waals surface area contributed by atoms with E-state index in [0.29, 0.717) is 16.1 Å². The van der Waals surface area contributed by atoms with Crippen molar-refractivity contribution >= 4 is 39.9 Å². The van der Waals surface area contributed by atoms with E-state index >= 15 is 0 Å². The lowest BCUT2D eigenvalue weighted by atomic mass is 10.1. The van der Waals surface area contributed by atoms with Crippen LogP contribution in [-0.4, -0.2) is 47.5 Å². The van der Waals surface area contributed by atoms with E-state index in [0.717, 1.165) is 43.2 Å². The zero-order valence-corrected chi connectivity index (χ0v) is 20.9. The number of anilines is 2. The highest BCUT2D eigenvalue weighted by Crippen LogP contribution is 2.25. The number of rotatable bonds is 7. The number of fused-ring (bicyclic) bond motifs is 1. The van der Waals surface area contributed by atoms with E-state index in [1.807, 2.05) is 79.7 Å². The van der Waals surface area contributed by atoms with Crippen molar-refractivity contribution in [2.24, 2.45) is 0 Å². The van der Waals surface area contributed by atoms with Gasteiger partial charge in [-0.25, -0.2) is 4.98 Å². The van der Waals surface area contributed by atoms with Crippen LogP contribution >= 0.6 is 11.8 Å². The van der Waals surface area contributed by atoms with E-state index < -0.39 is 0 Å². The molecule has 8 heteroatoms. The molecule has 0 unspecified atom stereocenters. The predicted octanol–water partition coefficient (Wildman–Crippen LogP) is 4.57. The molecule has 3 aromatic carbocycles. The molecule has 1 N–H and O–H groups in total. The summed E-state index contributed by atoms with van der Waals surface area (Å²) in [7, 11) is 0. The van der Waals surface area contributed by atoms with Gasteiger partial charge in [0.2, 0.25) is 5.91 Å². The Morgan fingerprint density at radius 1 is 1.00 bits per heavy atom. The summed E-state index contributed by atoms with van der Waals surface area (Å²) in [6.45, 7) is 5.17. The molecule has 0 spiro atoms. The van der Waals surface area contributed by atoms with Crippen LogP contribution < -0.4 is 15.8 Å². The van der Waals surface area contributed by atoms with Crippen molar-refractivity contribution in [1.82, 2.24) is 9.55 Å². The fourth-order valence-electron chi connectivity index (χ4n) is 4.35. The smallest absolute Gasteiger partial charge is 0.262 e. The first kappa shape index (κ1) is 24.1. The summed E-state index contributed by atoms with van der Waals surface area (Å²) in [5.74, 6) is -0.0160. The Labute approximate surface area is 214 Å². The Balaban J connectivity index is 1.33. The van der Waals surface area contributed by atoms with Crippen molar-refractivity contribution in [3.8, 4) is 0 Å². The van der Waals surface area contributed by atoms with Gasteiger partial charge in [-0.3, -0.25) is 14.2 Å². The number of amides is 1. The van der Waals surface area contributed by atoms with Crippen molar-refractivity contribution in [2.45, 2.75) is 18.1 Å². The molecular weight excluding hydrogens is 472 g/mol. The highest BCUT2D eigenvalue weighted by molar-refractivity contribution is 7.99. The normalized spacial score (nSPS) is 14.5. The first-order chi connectivity index (χ1) is 17.6. The van der Waals surface area contributed by atoms with Crippen LogP contribution in [0.25, 0.3) is 10.9 Å². The molecule has 184 valence electrons. The fourth-order valence-corrected chi connectivity index (χ4v) is 5.23. The second kappa shape index (κ2) is 11.0. The van der Waals surface area contributed by atoms with Gasteiger partial charge in [0.15, 0.2) is 5.16 Å². The van der Waals surface area contributed by atoms with Gasteiger partial charge < -0.3 is 15.0 Å². The maximum Gasteiger partial charge on any atom is 0.262 e. The third kappa shape index (κ3) is 5.29. The number of benzene rings is 3. The minimum absolute atomic E-state index is 0.112. The Morgan fingerprint density at radius 3 is 2.44 bits per heavy atom. The molecule has 1 amide bonds. The van der Waals surface area contributed by atoms with Crippen molar-refractivity contribution in [2.75, 3.05) is 42.3 Å². The SMILES string of the molecule is C[C@H](c1ccccc1)n1c(SCC(=O)Nc2ccc(N3CCOCC3)cc2)nc2ccccc2c1=O. The highest BCUT2D eigenvalue weighted by atomic mass is 32.2. The number of nitrogens with one attached hydrogen (secondary N) is 1. The Morgan fingerprint density at radius 2 is 1.69 bits per heavy atom. The van der Waals surface area contributed by atoms with Crippen LogP contribution in [0.15, 0.2) is 88.8 Å². The topological polar surface area (TPSA) is 76.5 Å². The number of hydrogen-bond acceptors (Lipinski definition) is 6. The molecule has 1 aliphatic rings. The molecule has 1 aliphatic heterocycles. The number of para-hydroxylation sites is 1. The zero-order valence-electron chi connectivity index (χ0n) is 20.1. The standard InChI is InChI=1S/C28H28N4O3S/c1-20(21-7-3-2-4-8-21)32-27(34)24-9-5-6-10-25(24)30-28(32)36-19-26(33)29-22-11-13-23(14-12-22)31-15-17-35-18-16-31/h2-14,20H,15-19H2,1H3,(H,29,33)/t20-/m1/s1. The number of thioether (sulfide) groups is 1. The summed E-state index contributed by atoms with van der Waals surface area (Å²) in [5.41, 5.74) is 3.37. The van der Waals surface area contributed by atoms with Gasteiger partial charge in [0.1, 0.15) is 0 Å². The van der Waals surface area contributed by atoms with E-state index in [4.69, 9.17) is 9.72 Å². The van der Waals surface area contributed by atoms with Crippen molar-refractivity contribution in [3.63, 3.8) is 0 Å². The van der Waals surface area contributed by atoms with E-state index in [-0.39, 0.29) is 23.3 Å². The molecule has 0 aliphatic carbocycles. The van der Waals surface area contributed by atoms with Crippen LogP contribution in [0.1, 0.15) is 18.5 Å². The van der Waals surface area contributed by atoms with E-state index in [1.54, 1.807) is 10.6 Å². The Bertz CT molecular complexity index is 1400. The van der Waals surface area contributed by atoms with Gasteiger partial charge in [-0.1, -0.05) is 54.2 Å². The minimum Gasteiger partial charge on any atom is -0.378 e. The van der Waals surface area contributed by atoms with Gasteiger partial charge in [-0.15, -0.1) is 0 Å². The Hall–Kier alpha value is -3.62. The molecule has 1 aromatic heterocycles. The summed E-state index contributed by atoms with van der Waals surface area (Å²) >= 11 is 1.27. The molecule has 0 radical (unpaired) electrons. The molecule has 7 nitrogen and oxygen atoms in total. The third-order valence-electron chi connectivity index (χ3n) is 6.30. The van der Waals surface area contributed by atoms with E-state index in [1.165, 1.54) is 11.8 Å². The van der Waals surface area contributed by atoms with Crippen molar-refractivity contribution in [1.29, 1.82) is 0 Å². The number of carbonyl (C=O) groups excluding carboxylic acids is 1. The van der Waals surface area contributed by atoms with E-state index in [2.05, 4.69) is 10.2 Å². The molecule has 0 bridgehead atoms. The molecule has 1 fully saturated rings. The van der Waals surface area contributed by atoms with Gasteiger partial charge in [0, 0.05) is 24.5 Å². The maximum absolute atomic E-state index is 13.5. The molecule has 1 atom stereocenters. The summed E-state index contributed by atoms with van der Waals surface area (Å²) in [5, 5.41) is 4.04. The molecule has 1 saturated heterocycles. The summed E-state index contributed by atoms with van der Waals surface area (Å²) in [4.78, 5) is 33.3. The summed E-state index contributed by atoms with van der Waals surface area (Å²) in [6.07, 6.45) is 0. The lowest BCUT2D eigenvalue weighted by molar-refractivity contribution is -0.113. The summed E-state index contributed by atoms with van der Waals surface area (Å²) in [6, 6.07) is 24.8. The number of nitrogens with zero attached hydrogens (tertiary/aromatic N) is 3. The predicted molar refractivity (Wildman–Crippen MR) is 145 cm³/mol. The van der Waals surface area contributed by atoms with Crippen LogP contribution in [0.4, 0.5) is 11.4 Å². The van der Waals surface area contributed by atoms with Crippen LogP contribution in [-0.2, 0) is 9.53 Å².